The van der Waals surface area contributed by atoms with Crippen LogP contribution < -0.4 is 0 Å². The van der Waals surface area contributed by atoms with Crippen molar-refractivity contribution in [3.63, 3.8) is 0 Å². The van der Waals surface area contributed by atoms with E-state index < -0.39 is 0 Å². The van der Waals surface area contributed by atoms with Crippen LogP contribution in [-0.4, -0.2) is 38.3 Å². The van der Waals surface area contributed by atoms with Crippen LogP contribution in [0.15, 0.2) is 48.8 Å². The summed E-state index contributed by atoms with van der Waals surface area (Å²) < 4.78 is 3.15. The van der Waals surface area contributed by atoms with Crippen molar-refractivity contribution in [3.05, 3.63) is 65.1 Å². The van der Waals surface area contributed by atoms with Gasteiger partial charge in [0.05, 0.1) is 15.2 Å². The number of likely N-dealkylation sites (tertiary alicyclic amines) is 1. The molecule has 1 aromatic carbocycles. The highest BCUT2D eigenvalue weighted by atomic mass is 32.1. The Bertz CT molecular complexity index is 1100. The molecule has 0 atom stereocenters. The average Bonchev–Trinajstić information content (AvgIpc) is 3.31. The number of carbonyl (C=O) groups is 1. The molecule has 1 fully saturated rings. The van der Waals surface area contributed by atoms with Crippen LogP contribution in [0.4, 0.5) is 0 Å². The molecule has 4 heterocycles. The molecule has 0 radical (unpaired) electrons. The van der Waals surface area contributed by atoms with E-state index >= 15 is 0 Å². The first-order chi connectivity index (χ1) is 13.2. The third kappa shape index (κ3) is 3.00. The summed E-state index contributed by atoms with van der Waals surface area (Å²) in [6.45, 7) is 3.54. The fourth-order valence-electron chi connectivity index (χ4n) is 3.74. The van der Waals surface area contributed by atoms with Crippen molar-refractivity contribution >= 4 is 33.1 Å². The topological polar surface area (TPSA) is 50.5 Å². The minimum atomic E-state index is 0.0269. The molecule has 27 heavy (non-hydrogen) atoms. The summed E-state index contributed by atoms with van der Waals surface area (Å²) in [6, 6.07) is 12.3. The second-order valence-electron chi connectivity index (χ2n) is 7.18. The van der Waals surface area contributed by atoms with Gasteiger partial charge in [-0.1, -0.05) is 12.1 Å². The van der Waals surface area contributed by atoms with E-state index in [1.165, 1.54) is 9.71 Å². The van der Waals surface area contributed by atoms with Gasteiger partial charge in [0.25, 0.3) is 5.91 Å². The number of aromatic nitrogens is 3. The standard InChI is InChI=1S/C21H20N4OS/c1-14-6-9-25-13-17(22-19(25)12-14)21(26)24-10-7-15(8-11-24)20-23-16-4-2-3-5-18(16)27-20/h2-6,9,12-13,15H,7-8,10-11H2,1H3. The van der Waals surface area contributed by atoms with Crippen molar-refractivity contribution < 1.29 is 4.79 Å². The summed E-state index contributed by atoms with van der Waals surface area (Å²) in [5, 5.41) is 1.20. The van der Waals surface area contributed by atoms with Crippen molar-refractivity contribution in [2.45, 2.75) is 25.7 Å². The lowest BCUT2D eigenvalue weighted by atomic mass is 9.97. The quantitative estimate of drug-likeness (QED) is 0.525. The molecule has 3 aromatic heterocycles. The van der Waals surface area contributed by atoms with E-state index in [4.69, 9.17) is 4.98 Å². The normalized spacial score (nSPS) is 15.7. The number of rotatable bonds is 2. The van der Waals surface area contributed by atoms with Gasteiger partial charge in [0.15, 0.2) is 0 Å². The van der Waals surface area contributed by atoms with E-state index in [1.807, 2.05) is 46.8 Å². The molecular formula is C21H20N4OS. The molecule has 136 valence electrons. The number of nitrogens with zero attached hydrogens (tertiary/aromatic N) is 4. The third-order valence-electron chi connectivity index (χ3n) is 5.28. The molecule has 4 aromatic rings. The molecule has 1 saturated heterocycles. The van der Waals surface area contributed by atoms with E-state index in [1.54, 1.807) is 11.3 Å². The van der Waals surface area contributed by atoms with Crippen molar-refractivity contribution in [2.24, 2.45) is 0 Å². The van der Waals surface area contributed by atoms with Crippen LogP contribution in [0.25, 0.3) is 15.9 Å². The summed E-state index contributed by atoms with van der Waals surface area (Å²) in [5.41, 5.74) is 3.57. The summed E-state index contributed by atoms with van der Waals surface area (Å²) in [4.78, 5) is 24.1. The van der Waals surface area contributed by atoms with Crippen LogP contribution in [0.3, 0.4) is 0 Å². The van der Waals surface area contributed by atoms with Gasteiger partial charge < -0.3 is 9.30 Å². The highest BCUT2D eigenvalue weighted by Gasteiger charge is 2.27. The maximum Gasteiger partial charge on any atom is 0.274 e. The fraction of sp³-hybridized carbons (Fsp3) is 0.286. The highest BCUT2D eigenvalue weighted by Crippen LogP contribution is 2.34. The zero-order valence-electron chi connectivity index (χ0n) is 15.1. The number of piperidine rings is 1. The molecule has 0 bridgehead atoms. The Balaban J connectivity index is 1.31. The van der Waals surface area contributed by atoms with Crippen molar-refractivity contribution in [3.8, 4) is 0 Å². The molecule has 1 amide bonds. The van der Waals surface area contributed by atoms with Gasteiger partial charge in [-0.2, -0.15) is 0 Å². The number of fused-ring (bicyclic) bond motifs is 2. The number of thiazole rings is 1. The van der Waals surface area contributed by atoms with Gasteiger partial charge in [-0.15, -0.1) is 11.3 Å². The lowest BCUT2D eigenvalue weighted by molar-refractivity contribution is 0.0707. The minimum Gasteiger partial charge on any atom is -0.337 e. The van der Waals surface area contributed by atoms with Crippen LogP contribution >= 0.6 is 11.3 Å². The molecule has 5 rings (SSSR count). The monoisotopic (exact) mass is 376 g/mol. The van der Waals surface area contributed by atoms with Gasteiger partial charge in [0.2, 0.25) is 0 Å². The van der Waals surface area contributed by atoms with Gasteiger partial charge in [0.1, 0.15) is 11.3 Å². The van der Waals surface area contributed by atoms with Gasteiger partial charge in [-0.3, -0.25) is 4.79 Å². The van der Waals surface area contributed by atoms with Crippen molar-refractivity contribution in [1.82, 2.24) is 19.3 Å². The van der Waals surface area contributed by atoms with Crippen LogP contribution in [0.1, 0.15) is 39.8 Å². The molecule has 6 heteroatoms. The Morgan fingerprint density at radius 3 is 2.78 bits per heavy atom. The Morgan fingerprint density at radius 2 is 1.96 bits per heavy atom. The maximum atomic E-state index is 12.9. The molecule has 0 aliphatic carbocycles. The van der Waals surface area contributed by atoms with Crippen molar-refractivity contribution in [2.75, 3.05) is 13.1 Å². The Hall–Kier alpha value is -2.73. The predicted molar refractivity (Wildman–Crippen MR) is 107 cm³/mol. The number of para-hydroxylation sites is 1. The zero-order valence-corrected chi connectivity index (χ0v) is 15.9. The smallest absolute Gasteiger partial charge is 0.274 e. The number of imidazole rings is 1. The van der Waals surface area contributed by atoms with Crippen LogP contribution in [0, 0.1) is 6.92 Å². The number of aryl methyl sites for hydroxylation is 1. The van der Waals surface area contributed by atoms with Gasteiger partial charge in [-0.05, 0) is 49.6 Å². The largest absolute Gasteiger partial charge is 0.337 e. The first kappa shape index (κ1) is 16.4. The minimum absolute atomic E-state index is 0.0269. The lowest BCUT2D eigenvalue weighted by Crippen LogP contribution is -2.38. The summed E-state index contributed by atoms with van der Waals surface area (Å²) in [7, 11) is 0. The zero-order chi connectivity index (χ0) is 18.4. The number of hydrogen-bond acceptors (Lipinski definition) is 4. The highest BCUT2D eigenvalue weighted by molar-refractivity contribution is 7.18. The Kier molecular flexibility index (Phi) is 3.93. The molecule has 0 N–H and O–H groups in total. The average molecular weight is 376 g/mol. The third-order valence-corrected chi connectivity index (χ3v) is 6.48. The Labute approximate surface area is 161 Å². The van der Waals surface area contributed by atoms with Crippen molar-refractivity contribution in [1.29, 1.82) is 0 Å². The second kappa shape index (κ2) is 6.46. The molecular weight excluding hydrogens is 356 g/mol. The lowest BCUT2D eigenvalue weighted by Gasteiger charge is -2.30. The maximum absolute atomic E-state index is 12.9. The molecule has 0 unspecified atom stereocenters. The second-order valence-corrected chi connectivity index (χ2v) is 8.24. The van der Waals surface area contributed by atoms with E-state index in [2.05, 4.69) is 23.2 Å². The SMILES string of the molecule is Cc1ccn2cc(C(=O)N3CCC(c4nc5ccccc5s4)CC3)nc2c1. The first-order valence-electron chi connectivity index (χ1n) is 9.27. The van der Waals surface area contributed by atoms with Gasteiger partial charge in [-0.25, -0.2) is 9.97 Å². The van der Waals surface area contributed by atoms with Gasteiger partial charge in [0, 0.05) is 31.4 Å². The predicted octanol–water partition coefficient (Wildman–Crippen LogP) is 4.27. The molecule has 5 nitrogen and oxygen atoms in total. The number of hydrogen-bond donors (Lipinski definition) is 0. The molecule has 1 aliphatic rings. The van der Waals surface area contributed by atoms with E-state index in [0.717, 1.165) is 42.7 Å². The number of carbonyl (C=O) groups excluding carboxylic acids is 1. The fourth-order valence-corrected chi connectivity index (χ4v) is 4.88. The number of benzene rings is 1. The molecule has 0 saturated carbocycles. The summed E-state index contributed by atoms with van der Waals surface area (Å²) in [5.74, 6) is 0.467. The Morgan fingerprint density at radius 1 is 1.15 bits per heavy atom. The number of pyridine rings is 1. The van der Waals surface area contributed by atoms with Crippen LogP contribution in [-0.2, 0) is 0 Å². The first-order valence-corrected chi connectivity index (χ1v) is 10.1. The summed E-state index contributed by atoms with van der Waals surface area (Å²) in [6.07, 6.45) is 5.70. The van der Waals surface area contributed by atoms with Gasteiger partial charge >= 0.3 is 0 Å². The summed E-state index contributed by atoms with van der Waals surface area (Å²) >= 11 is 1.78. The molecule has 0 spiro atoms. The van der Waals surface area contributed by atoms with Crippen LogP contribution in [0.5, 0.6) is 0 Å². The molecule has 1 aliphatic heterocycles. The van der Waals surface area contributed by atoms with E-state index in [9.17, 15) is 4.79 Å². The van der Waals surface area contributed by atoms with E-state index in [0.29, 0.717) is 11.6 Å². The van der Waals surface area contributed by atoms with Crippen LogP contribution in [0.2, 0.25) is 0 Å². The van der Waals surface area contributed by atoms with E-state index in [-0.39, 0.29) is 5.91 Å². The number of amides is 1.